The van der Waals surface area contributed by atoms with Crippen molar-refractivity contribution in [3.05, 3.63) is 17.9 Å². The van der Waals surface area contributed by atoms with Crippen LogP contribution in [-0.4, -0.2) is 33.7 Å². The first kappa shape index (κ1) is 18.2. The van der Waals surface area contributed by atoms with Crippen LogP contribution < -0.4 is 10.0 Å². The number of rotatable bonds is 9. The smallest absolute Gasteiger partial charge is 0.273 e. The zero-order valence-electron chi connectivity index (χ0n) is 13.2. The highest BCUT2D eigenvalue weighted by Gasteiger charge is 2.18. The molecule has 0 saturated heterocycles. The Hall–Kier alpha value is -0.890. The average molecular weight is 318 g/mol. The van der Waals surface area contributed by atoms with Gasteiger partial charge in [-0.1, -0.05) is 0 Å². The molecule has 0 radical (unpaired) electrons. The van der Waals surface area contributed by atoms with Crippen molar-refractivity contribution < 1.29 is 17.6 Å². The van der Waals surface area contributed by atoms with E-state index in [1.54, 1.807) is 6.07 Å². The summed E-state index contributed by atoms with van der Waals surface area (Å²) < 4.78 is 37.1. The minimum atomic E-state index is -3.58. The Morgan fingerprint density at radius 1 is 1.29 bits per heavy atom. The van der Waals surface area contributed by atoms with Crippen molar-refractivity contribution in [2.45, 2.75) is 51.3 Å². The van der Waals surface area contributed by atoms with Crippen LogP contribution in [0.2, 0.25) is 0 Å². The molecule has 0 atom stereocenters. The van der Waals surface area contributed by atoms with Gasteiger partial charge >= 0.3 is 0 Å². The Morgan fingerprint density at radius 2 is 2.00 bits per heavy atom. The van der Waals surface area contributed by atoms with Crippen molar-refractivity contribution >= 4 is 10.0 Å². The predicted octanol–water partition coefficient (Wildman–Crippen LogP) is 1.87. The van der Waals surface area contributed by atoms with Crippen molar-refractivity contribution in [3.63, 3.8) is 0 Å². The number of nitrogens with one attached hydrogen (secondary N) is 2. The maximum atomic E-state index is 12.0. The molecule has 1 heterocycles. The van der Waals surface area contributed by atoms with E-state index in [0.29, 0.717) is 38.5 Å². The second-order valence-electron chi connectivity index (χ2n) is 5.77. The Kier molecular flexibility index (Phi) is 6.86. The SMILES string of the molecule is CCOCCCNS(=O)(=O)c1ccc(CNC(C)(C)C)o1. The Balaban J connectivity index is 2.50. The molecule has 0 aromatic carbocycles. The molecule has 1 aromatic heterocycles. The highest BCUT2D eigenvalue weighted by Crippen LogP contribution is 2.14. The molecule has 21 heavy (non-hydrogen) atoms. The molecule has 7 heteroatoms. The first-order valence-electron chi connectivity index (χ1n) is 7.16. The number of sulfonamides is 1. The molecule has 0 amide bonds. The maximum absolute atomic E-state index is 12.0. The molecule has 1 rings (SSSR count). The summed E-state index contributed by atoms with van der Waals surface area (Å²) in [6, 6.07) is 3.15. The minimum Gasteiger partial charge on any atom is -0.447 e. The van der Waals surface area contributed by atoms with E-state index in [1.165, 1.54) is 6.07 Å². The van der Waals surface area contributed by atoms with Crippen LogP contribution in [0.4, 0.5) is 0 Å². The van der Waals surface area contributed by atoms with Crippen molar-refractivity contribution in [3.8, 4) is 0 Å². The molecule has 0 fully saturated rings. The van der Waals surface area contributed by atoms with Gasteiger partial charge in [-0.3, -0.25) is 0 Å². The molecule has 6 nitrogen and oxygen atoms in total. The van der Waals surface area contributed by atoms with Gasteiger partial charge in [0.1, 0.15) is 5.76 Å². The van der Waals surface area contributed by atoms with E-state index in [1.807, 2.05) is 27.7 Å². The van der Waals surface area contributed by atoms with Crippen LogP contribution in [0.1, 0.15) is 39.9 Å². The summed E-state index contributed by atoms with van der Waals surface area (Å²) in [6.07, 6.45) is 0.631. The van der Waals surface area contributed by atoms with Crippen molar-refractivity contribution in [1.29, 1.82) is 0 Å². The van der Waals surface area contributed by atoms with E-state index >= 15 is 0 Å². The second kappa shape index (κ2) is 7.93. The van der Waals surface area contributed by atoms with Crippen molar-refractivity contribution in [2.24, 2.45) is 0 Å². The van der Waals surface area contributed by atoms with E-state index < -0.39 is 10.0 Å². The summed E-state index contributed by atoms with van der Waals surface area (Å²) in [7, 11) is -3.58. The van der Waals surface area contributed by atoms with Gasteiger partial charge in [-0.2, -0.15) is 0 Å². The van der Waals surface area contributed by atoms with Gasteiger partial charge in [-0.15, -0.1) is 0 Å². The van der Waals surface area contributed by atoms with Gasteiger partial charge in [-0.25, -0.2) is 13.1 Å². The number of furan rings is 1. The van der Waals surface area contributed by atoms with Gasteiger partial charge in [0.15, 0.2) is 0 Å². The van der Waals surface area contributed by atoms with Crippen LogP contribution in [0, 0.1) is 0 Å². The third kappa shape index (κ3) is 7.08. The fraction of sp³-hybridized carbons (Fsp3) is 0.714. The monoisotopic (exact) mass is 318 g/mol. The van der Waals surface area contributed by atoms with Crippen molar-refractivity contribution in [2.75, 3.05) is 19.8 Å². The summed E-state index contributed by atoms with van der Waals surface area (Å²) in [4.78, 5) is 0. The fourth-order valence-corrected chi connectivity index (χ4v) is 2.57. The summed E-state index contributed by atoms with van der Waals surface area (Å²) in [5.74, 6) is 0.597. The minimum absolute atomic E-state index is 0.0513. The molecule has 0 bridgehead atoms. The topological polar surface area (TPSA) is 80.6 Å². The first-order valence-corrected chi connectivity index (χ1v) is 8.64. The third-order valence-corrected chi connectivity index (χ3v) is 3.99. The number of hydrogen-bond donors (Lipinski definition) is 2. The summed E-state index contributed by atoms with van der Waals surface area (Å²) >= 11 is 0. The normalized spacial score (nSPS) is 12.8. The molecule has 0 aliphatic carbocycles. The standard InChI is InChI=1S/C14H26N2O4S/c1-5-19-10-6-9-16-21(17,18)13-8-7-12(20-13)11-15-14(2,3)4/h7-8,15-16H,5-6,9-11H2,1-4H3. The van der Waals surface area contributed by atoms with Gasteiger partial charge < -0.3 is 14.5 Å². The molecule has 0 saturated carbocycles. The summed E-state index contributed by atoms with van der Waals surface area (Å²) in [5, 5.41) is 3.19. The highest BCUT2D eigenvalue weighted by molar-refractivity contribution is 7.89. The quantitative estimate of drug-likeness (QED) is 0.679. The van der Waals surface area contributed by atoms with Gasteiger partial charge in [0.05, 0.1) is 6.54 Å². The highest BCUT2D eigenvalue weighted by atomic mass is 32.2. The Bertz CT molecular complexity index is 517. The van der Waals surface area contributed by atoms with Gasteiger partial charge in [0.25, 0.3) is 10.0 Å². The Labute approximate surface area is 127 Å². The van der Waals surface area contributed by atoms with E-state index in [9.17, 15) is 8.42 Å². The van der Waals surface area contributed by atoms with E-state index in [-0.39, 0.29) is 10.6 Å². The van der Waals surface area contributed by atoms with Gasteiger partial charge in [0.2, 0.25) is 5.09 Å². The second-order valence-corrected chi connectivity index (χ2v) is 7.47. The van der Waals surface area contributed by atoms with E-state index in [2.05, 4.69) is 10.0 Å². The summed E-state index contributed by atoms with van der Waals surface area (Å²) in [5.41, 5.74) is -0.0522. The largest absolute Gasteiger partial charge is 0.447 e. The Morgan fingerprint density at radius 3 is 2.62 bits per heavy atom. The molecule has 122 valence electrons. The molecular weight excluding hydrogens is 292 g/mol. The summed E-state index contributed by atoms with van der Waals surface area (Å²) in [6.45, 7) is 10.0. The number of hydrogen-bond acceptors (Lipinski definition) is 5. The molecule has 0 aliphatic rings. The van der Waals surface area contributed by atoms with Crippen LogP contribution in [0.5, 0.6) is 0 Å². The van der Waals surface area contributed by atoms with Crippen LogP contribution in [-0.2, 0) is 21.3 Å². The van der Waals surface area contributed by atoms with Crippen LogP contribution in [0.15, 0.2) is 21.6 Å². The zero-order valence-corrected chi connectivity index (χ0v) is 14.0. The van der Waals surface area contributed by atoms with Crippen molar-refractivity contribution in [1.82, 2.24) is 10.0 Å². The van der Waals surface area contributed by atoms with Crippen LogP contribution >= 0.6 is 0 Å². The van der Waals surface area contributed by atoms with Crippen LogP contribution in [0.25, 0.3) is 0 Å². The fourth-order valence-electron chi connectivity index (χ4n) is 1.55. The maximum Gasteiger partial charge on any atom is 0.273 e. The third-order valence-electron chi connectivity index (χ3n) is 2.66. The lowest BCUT2D eigenvalue weighted by molar-refractivity contribution is 0.146. The average Bonchev–Trinajstić information content (AvgIpc) is 2.85. The predicted molar refractivity (Wildman–Crippen MR) is 81.6 cm³/mol. The van der Waals surface area contributed by atoms with Gasteiger partial charge in [0, 0.05) is 25.3 Å². The molecule has 0 aliphatic heterocycles. The van der Waals surface area contributed by atoms with E-state index in [0.717, 1.165) is 0 Å². The molecule has 0 unspecified atom stereocenters. The lowest BCUT2D eigenvalue weighted by Gasteiger charge is -2.19. The van der Waals surface area contributed by atoms with Gasteiger partial charge in [-0.05, 0) is 46.2 Å². The molecule has 2 N–H and O–H groups in total. The lowest BCUT2D eigenvalue weighted by atomic mass is 10.1. The number of ether oxygens (including phenoxy) is 1. The van der Waals surface area contributed by atoms with Crippen LogP contribution in [0.3, 0.4) is 0 Å². The first-order chi connectivity index (χ1) is 9.74. The lowest BCUT2D eigenvalue weighted by Crippen LogP contribution is -2.34. The molecule has 1 aromatic rings. The molecular formula is C14H26N2O4S. The molecule has 0 spiro atoms. The zero-order chi connectivity index (χ0) is 15.9. The van der Waals surface area contributed by atoms with E-state index in [4.69, 9.17) is 9.15 Å².